The Morgan fingerprint density at radius 3 is 2.32 bits per heavy atom. The van der Waals surface area contributed by atoms with Gasteiger partial charge < -0.3 is 19.5 Å². The molecule has 0 heterocycles. The third-order valence-corrected chi connectivity index (χ3v) is 4.43. The average Bonchev–Trinajstić information content (AvgIpc) is 2.70. The Kier molecular flexibility index (Phi) is 8.14. The van der Waals surface area contributed by atoms with Crippen LogP contribution in [0.15, 0.2) is 42.5 Å². The van der Waals surface area contributed by atoms with Gasteiger partial charge in [0.25, 0.3) is 0 Å². The molecule has 6 nitrogen and oxygen atoms in total. The maximum atomic E-state index is 12.6. The molecule has 2 aromatic carbocycles. The van der Waals surface area contributed by atoms with Crippen LogP contribution in [-0.4, -0.2) is 44.2 Å². The molecule has 0 saturated carbocycles. The van der Waals surface area contributed by atoms with Crippen LogP contribution >= 0.6 is 0 Å². The van der Waals surface area contributed by atoms with Gasteiger partial charge in [0.2, 0.25) is 5.91 Å². The molecule has 0 aromatic heterocycles. The molecule has 0 radical (unpaired) electrons. The van der Waals surface area contributed by atoms with Crippen LogP contribution in [0.1, 0.15) is 26.3 Å². The number of benzene rings is 2. The number of amides is 1. The van der Waals surface area contributed by atoms with E-state index in [-0.39, 0.29) is 11.9 Å². The predicted octanol–water partition coefficient (Wildman–Crippen LogP) is 3.95. The summed E-state index contributed by atoms with van der Waals surface area (Å²) in [7, 11) is 3.55. The molecule has 1 amide bonds. The van der Waals surface area contributed by atoms with Crippen LogP contribution < -0.4 is 19.5 Å². The highest BCUT2D eigenvalue weighted by atomic mass is 16.5. The summed E-state index contributed by atoms with van der Waals surface area (Å²) in [5.74, 6) is 2.14. The second-order valence-electron chi connectivity index (χ2n) is 6.46. The Hall–Kier alpha value is -2.73. The van der Waals surface area contributed by atoms with Crippen molar-refractivity contribution in [3.63, 3.8) is 0 Å². The Bertz CT molecular complexity index is 762. The van der Waals surface area contributed by atoms with Crippen molar-refractivity contribution in [2.75, 3.05) is 32.7 Å². The monoisotopic (exact) mass is 386 g/mol. The van der Waals surface area contributed by atoms with Crippen molar-refractivity contribution in [2.24, 2.45) is 0 Å². The van der Waals surface area contributed by atoms with Crippen LogP contribution in [0.3, 0.4) is 0 Å². The summed E-state index contributed by atoms with van der Waals surface area (Å²) in [4.78, 5) is 14.6. The lowest BCUT2D eigenvalue weighted by Gasteiger charge is -2.24. The van der Waals surface area contributed by atoms with Crippen molar-refractivity contribution >= 4 is 11.6 Å². The molecule has 2 aromatic rings. The fraction of sp³-hybridized carbons (Fsp3) is 0.409. The van der Waals surface area contributed by atoms with Crippen LogP contribution in [0.5, 0.6) is 17.2 Å². The first-order valence-electron chi connectivity index (χ1n) is 9.52. The normalized spacial score (nSPS) is 11.8. The lowest BCUT2D eigenvalue weighted by molar-refractivity contribution is -0.120. The molecule has 152 valence electrons. The largest absolute Gasteiger partial charge is 0.494 e. The Morgan fingerprint density at radius 2 is 1.71 bits per heavy atom. The lowest BCUT2D eigenvalue weighted by atomic mass is 10.1. The summed E-state index contributed by atoms with van der Waals surface area (Å²) in [6, 6.07) is 12.9. The van der Waals surface area contributed by atoms with Crippen LogP contribution in [0, 0.1) is 0 Å². The first-order chi connectivity index (χ1) is 13.5. The van der Waals surface area contributed by atoms with Gasteiger partial charge in [-0.25, -0.2) is 0 Å². The molecular weight excluding hydrogens is 356 g/mol. The summed E-state index contributed by atoms with van der Waals surface area (Å²) in [6.07, 6.45) is 0. The van der Waals surface area contributed by atoms with Gasteiger partial charge in [-0.1, -0.05) is 6.07 Å². The van der Waals surface area contributed by atoms with E-state index in [0.717, 1.165) is 22.7 Å². The maximum Gasteiger partial charge on any atom is 0.241 e. The number of rotatable bonds is 10. The van der Waals surface area contributed by atoms with E-state index >= 15 is 0 Å². The molecule has 0 spiro atoms. The number of carbonyl (C=O) groups is 1. The number of likely N-dealkylation sites (N-methyl/N-ethyl adjacent to an activating group) is 1. The molecule has 0 aliphatic heterocycles. The maximum absolute atomic E-state index is 12.6. The molecule has 0 aliphatic rings. The second kappa shape index (κ2) is 10.6. The zero-order chi connectivity index (χ0) is 20.5. The molecule has 0 aliphatic carbocycles. The molecule has 6 heteroatoms. The fourth-order valence-electron chi connectivity index (χ4n) is 2.76. The summed E-state index contributed by atoms with van der Waals surface area (Å²) in [5, 5.41) is 2.95. The van der Waals surface area contributed by atoms with Gasteiger partial charge in [-0.3, -0.25) is 9.69 Å². The highest BCUT2D eigenvalue weighted by molar-refractivity contribution is 5.94. The molecule has 0 bridgehead atoms. The van der Waals surface area contributed by atoms with Crippen LogP contribution in [0.25, 0.3) is 0 Å². The average molecular weight is 386 g/mol. The zero-order valence-corrected chi connectivity index (χ0v) is 17.3. The minimum atomic E-state index is -0.302. The van der Waals surface area contributed by atoms with Crippen molar-refractivity contribution in [2.45, 2.75) is 33.4 Å². The zero-order valence-electron chi connectivity index (χ0n) is 17.3. The molecule has 1 N–H and O–H groups in total. The number of methoxy groups -OCH3 is 1. The second-order valence-corrected chi connectivity index (χ2v) is 6.46. The number of anilines is 1. The van der Waals surface area contributed by atoms with E-state index in [1.807, 2.05) is 75.2 Å². The number of carbonyl (C=O) groups excluding carboxylic acids is 1. The molecule has 28 heavy (non-hydrogen) atoms. The van der Waals surface area contributed by atoms with Gasteiger partial charge in [-0.15, -0.1) is 0 Å². The number of nitrogens with one attached hydrogen (secondary N) is 1. The fourth-order valence-corrected chi connectivity index (χ4v) is 2.76. The molecule has 0 fully saturated rings. The van der Waals surface area contributed by atoms with Gasteiger partial charge >= 0.3 is 0 Å². The van der Waals surface area contributed by atoms with Crippen molar-refractivity contribution in [3.8, 4) is 17.2 Å². The summed E-state index contributed by atoms with van der Waals surface area (Å²) < 4.78 is 16.4. The third-order valence-electron chi connectivity index (χ3n) is 4.43. The van der Waals surface area contributed by atoms with Gasteiger partial charge in [0, 0.05) is 12.2 Å². The van der Waals surface area contributed by atoms with Crippen LogP contribution in [0.2, 0.25) is 0 Å². The molecule has 1 atom stereocenters. The molecule has 0 unspecified atom stereocenters. The van der Waals surface area contributed by atoms with Crippen molar-refractivity contribution in [3.05, 3.63) is 48.0 Å². The first kappa shape index (κ1) is 21.6. The predicted molar refractivity (Wildman–Crippen MR) is 111 cm³/mol. The Balaban J connectivity index is 1.97. The minimum absolute atomic E-state index is 0.0652. The van der Waals surface area contributed by atoms with Gasteiger partial charge in [-0.05, 0) is 69.8 Å². The van der Waals surface area contributed by atoms with E-state index in [2.05, 4.69) is 5.32 Å². The number of nitrogens with zero attached hydrogens (tertiary/aromatic N) is 1. The molecule has 0 saturated heterocycles. The molecular formula is C22H30N2O4. The van der Waals surface area contributed by atoms with Crippen molar-refractivity contribution < 1.29 is 19.0 Å². The molecule has 2 rings (SSSR count). The summed E-state index contributed by atoms with van der Waals surface area (Å²) >= 11 is 0. The highest BCUT2D eigenvalue weighted by Crippen LogP contribution is 2.28. The summed E-state index contributed by atoms with van der Waals surface area (Å²) in [5.41, 5.74) is 1.79. The number of hydrogen-bond donors (Lipinski definition) is 1. The van der Waals surface area contributed by atoms with Gasteiger partial charge in [0.15, 0.2) is 11.5 Å². The number of hydrogen-bond acceptors (Lipinski definition) is 5. The van der Waals surface area contributed by atoms with E-state index in [1.54, 1.807) is 7.11 Å². The van der Waals surface area contributed by atoms with E-state index in [0.29, 0.717) is 25.5 Å². The Labute approximate surface area is 167 Å². The summed E-state index contributed by atoms with van der Waals surface area (Å²) in [6.45, 7) is 7.57. The lowest BCUT2D eigenvalue weighted by Crippen LogP contribution is -2.39. The van der Waals surface area contributed by atoms with E-state index in [1.165, 1.54) is 0 Å². The van der Waals surface area contributed by atoms with Crippen LogP contribution in [-0.2, 0) is 11.3 Å². The van der Waals surface area contributed by atoms with Gasteiger partial charge in [-0.2, -0.15) is 0 Å². The quantitative estimate of drug-likeness (QED) is 0.670. The van der Waals surface area contributed by atoms with Gasteiger partial charge in [0.05, 0.1) is 26.4 Å². The van der Waals surface area contributed by atoms with Gasteiger partial charge in [0.1, 0.15) is 5.75 Å². The number of ether oxygens (including phenoxy) is 3. The minimum Gasteiger partial charge on any atom is -0.494 e. The SMILES string of the molecule is CCOc1ccc(NC(=O)[C@H](C)N(C)Cc2ccc(OCC)c(OC)c2)cc1. The standard InChI is InChI=1S/C22H30N2O4/c1-6-27-19-11-9-18(10-12-19)23-22(25)16(3)24(4)15-17-8-13-20(28-7-2)21(14-17)26-5/h8-14,16H,6-7,15H2,1-5H3,(H,23,25)/t16-/m0/s1. The Morgan fingerprint density at radius 1 is 1.04 bits per heavy atom. The van der Waals surface area contributed by atoms with Crippen molar-refractivity contribution in [1.82, 2.24) is 4.90 Å². The van der Waals surface area contributed by atoms with E-state index in [9.17, 15) is 4.79 Å². The van der Waals surface area contributed by atoms with E-state index in [4.69, 9.17) is 14.2 Å². The first-order valence-corrected chi connectivity index (χ1v) is 9.52. The van der Waals surface area contributed by atoms with E-state index < -0.39 is 0 Å². The highest BCUT2D eigenvalue weighted by Gasteiger charge is 2.19. The van der Waals surface area contributed by atoms with Crippen molar-refractivity contribution in [1.29, 1.82) is 0 Å². The topological polar surface area (TPSA) is 60.0 Å². The third kappa shape index (κ3) is 5.89. The smallest absolute Gasteiger partial charge is 0.241 e. The van der Waals surface area contributed by atoms with Crippen LogP contribution in [0.4, 0.5) is 5.69 Å².